The van der Waals surface area contributed by atoms with Crippen molar-refractivity contribution < 1.29 is 0 Å². The van der Waals surface area contributed by atoms with Crippen molar-refractivity contribution in [2.75, 3.05) is 18.0 Å². The van der Waals surface area contributed by atoms with Crippen LogP contribution in [0.4, 0.5) is 5.95 Å². The van der Waals surface area contributed by atoms with Crippen LogP contribution in [-0.4, -0.2) is 33.0 Å². The SMILES string of the molecule is Cc1cncnc1[C@@H]1CCCN(c2ncccn2)C1. The van der Waals surface area contributed by atoms with Crippen molar-refractivity contribution in [1.29, 1.82) is 0 Å². The number of rotatable bonds is 2. The molecular formula is C14H17N5. The van der Waals surface area contributed by atoms with Gasteiger partial charge in [0.15, 0.2) is 0 Å². The van der Waals surface area contributed by atoms with E-state index in [-0.39, 0.29) is 0 Å². The molecule has 0 aliphatic carbocycles. The highest BCUT2D eigenvalue weighted by Gasteiger charge is 2.24. The maximum atomic E-state index is 4.45. The normalized spacial score (nSPS) is 19.4. The number of aryl methyl sites for hydroxylation is 1. The zero-order valence-electron chi connectivity index (χ0n) is 11.0. The van der Waals surface area contributed by atoms with Crippen LogP contribution in [0.3, 0.4) is 0 Å². The lowest BCUT2D eigenvalue weighted by Crippen LogP contribution is -2.36. The molecule has 5 nitrogen and oxygen atoms in total. The number of aromatic nitrogens is 4. The Labute approximate surface area is 112 Å². The molecule has 0 spiro atoms. The fourth-order valence-electron chi connectivity index (χ4n) is 2.67. The second-order valence-corrected chi connectivity index (χ2v) is 4.92. The quantitative estimate of drug-likeness (QED) is 0.821. The summed E-state index contributed by atoms with van der Waals surface area (Å²) in [4.78, 5) is 19.4. The van der Waals surface area contributed by atoms with Crippen LogP contribution in [0, 0.1) is 6.92 Å². The second kappa shape index (κ2) is 5.30. The van der Waals surface area contributed by atoms with Crippen molar-refractivity contribution in [3.63, 3.8) is 0 Å². The molecule has 1 fully saturated rings. The predicted octanol–water partition coefficient (Wildman–Crippen LogP) is 1.96. The van der Waals surface area contributed by atoms with Gasteiger partial charge in [0.1, 0.15) is 6.33 Å². The average Bonchev–Trinajstić information content (AvgIpc) is 2.49. The maximum absolute atomic E-state index is 4.45. The van der Waals surface area contributed by atoms with Crippen molar-refractivity contribution in [3.05, 3.63) is 42.2 Å². The van der Waals surface area contributed by atoms with Gasteiger partial charge in [0.25, 0.3) is 0 Å². The van der Waals surface area contributed by atoms with Crippen LogP contribution in [0.15, 0.2) is 31.0 Å². The van der Waals surface area contributed by atoms with E-state index in [4.69, 9.17) is 0 Å². The summed E-state index contributed by atoms with van der Waals surface area (Å²) in [6.45, 7) is 4.03. The zero-order valence-corrected chi connectivity index (χ0v) is 11.0. The van der Waals surface area contributed by atoms with Crippen LogP contribution in [-0.2, 0) is 0 Å². The summed E-state index contributed by atoms with van der Waals surface area (Å²) in [5.41, 5.74) is 2.33. The third kappa shape index (κ3) is 2.54. The lowest BCUT2D eigenvalue weighted by Gasteiger charge is -2.32. The van der Waals surface area contributed by atoms with Crippen LogP contribution >= 0.6 is 0 Å². The molecule has 0 N–H and O–H groups in total. The molecule has 19 heavy (non-hydrogen) atoms. The van der Waals surface area contributed by atoms with Gasteiger partial charge >= 0.3 is 0 Å². The first kappa shape index (κ1) is 12.0. The Kier molecular flexibility index (Phi) is 3.35. The van der Waals surface area contributed by atoms with Crippen LogP contribution in [0.5, 0.6) is 0 Å². The summed E-state index contributed by atoms with van der Waals surface area (Å²) in [6.07, 6.45) is 9.43. The van der Waals surface area contributed by atoms with Gasteiger partial charge in [0.05, 0.1) is 5.69 Å². The van der Waals surface area contributed by atoms with E-state index in [0.29, 0.717) is 5.92 Å². The number of nitrogens with zero attached hydrogens (tertiary/aromatic N) is 5. The van der Waals surface area contributed by atoms with Gasteiger partial charge in [-0.2, -0.15) is 0 Å². The first-order valence-electron chi connectivity index (χ1n) is 6.63. The number of anilines is 1. The highest BCUT2D eigenvalue weighted by atomic mass is 15.2. The molecule has 5 heteroatoms. The summed E-state index contributed by atoms with van der Waals surface area (Å²) in [6, 6.07) is 1.85. The van der Waals surface area contributed by atoms with Crippen LogP contribution < -0.4 is 4.90 Å². The highest BCUT2D eigenvalue weighted by molar-refractivity contribution is 5.32. The molecule has 0 aromatic carbocycles. The third-order valence-corrected chi connectivity index (χ3v) is 3.58. The van der Waals surface area contributed by atoms with Crippen molar-refractivity contribution in [2.24, 2.45) is 0 Å². The monoisotopic (exact) mass is 255 g/mol. The zero-order chi connectivity index (χ0) is 13.1. The Balaban J connectivity index is 1.81. The lowest BCUT2D eigenvalue weighted by atomic mass is 9.92. The molecule has 0 amide bonds. The molecule has 3 rings (SSSR count). The average molecular weight is 255 g/mol. The Morgan fingerprint density at radius 2 is 2.05 bits per heavy atom. The maximum Gasteiger partial charge on any atom is 0.225 e. The lowest BCUT2D eigenvalue weighted by molar-refractivity contribution is 0.492. The van der Waals surface area contributed by atoms with Crippen LogP contribution in [0.25, 0.3) is 0 Å². The fourth-order valence-corrected chi connectivity index (χ4v) is 2.67. The number of hydrogen-bond acceptors (Lipinski definition) is 5. The standard InChI is InChI=1S/C14H17N5/c1-11-8-15-10-18-13(11)12-4-2-7-19(9-12)14-16-5-3-6-17-14/h3,5-6,8,10,12H,2,4,7,9H2,1H3/t12-/m1/s1. The molecule has 98 valence electrons. The van der Waals surface area contributed by atoms with Gasteiger partial charge in [-0.1, -0.05) is 0 Å². The molecule has 1 saturated heterocycles. The molecule has 0 unspecified atom stereocenters. The third-order valence-electron chi connectivity index (χ3n) is 3.58. The summed E-state index contributed by atoms with van der Waals surface area (Å²) in [5, 5.41) is 0. The number of hydrogen-bond donors (Lipinski definition) is 0. The van der Waals surface area contributed by atoms with E-state index in [1.165, 1.54) is 12.0 Å². The molecule has 3 heterocycles. The molecule has 0 radical (unpaired) electrons. The van der Waals surface area contributed by atoms with Gasteiger partial charge in [0, 0.05) is 37.6 Å². The van der Waals surface area contributed by atoms with E-state index in [9.17, 15) is 0 Å². The summed E-state index contributed by atoms with van der Waals surface area (Å²) >= 11 is 0. The molecule has 1 aliphatic rings. The van der Waals surface area contributed by atoms with Gasteiger partial charge in [-0.25, -0.2) is 19.9 Å². The second-order valence-electron chi connectivity index (χ2n) is 4.92. The van der Waals surface area contributed by atoms with Crippen LogP contribution in [0.1, 0.15) is 30.0 Å². The van der Waals surface area contributed by atoms with Crippen molar-refractivity contribution in [1.82, 2.24) is 19.9 Å². The van der Waals surface area contributed by atoms with Crippen LogP contribution in [0.2, 0.25) is 0 Å². The summed E-state index contributed by atoms with van der Waals surface area (Å²) < 4.78 is 0. The van der Waals surface area contributed by atoms with Crippen molar-refractivity contribution in [2.45, 2.75) is 25.7 Å². The minimum atomic E-state index is 0.445. The Hall–Kier alpha value is -2.04. The summed E-state index contributed by atoms with van der Waals surface area (Å²) in [7, 11) is 0. The van der Waals surface area contributed by atoms with Crippen molar-refractivity contribution >= 4 is 5.95 Å². The number of piperidine rings is 1. The molecule has 0 saturated carbocycles. The summed E-state index contributed by atoms with van der Waals surface area (Å²) in [5.74, 6) is 1.26. The highest BCUT2D eigenvalue weighted by Crippen LogP contribution is 2.28. The Bertz CT molecular complexity index is 543. The van der Waals surface area contributed by atoms with Crippen molar-refractivity contribution in [3.8, 4) is 0 Å². The predicted molar refractivity (Wildman–Crippen MR) is 73.0 cm³/mol. The molecule has 1 atom stereocenters. The Morgan fingerprint density at radius 3 is 2.84 bits per heavy atom. The molecule has 1 aliphatic heterocycles. The van der Waals surface area contributed by atoms with Gasteiger partial charge in [-0.05, 0) is 31.4 Å². The van der Waals surface area contributed by atoms with E-state index in [1.54, 1.807) is 18.7 Å². The first-order chi connectivity index (χ1) is 9.34. The van der Waals surface area contributed by atoms with Gasteiger partial charge in [-0.15, -0.1) is 0 Å². The smallest absolute Gasteiger partial charge is 0.225 e. The van der Waals surface area contributed by atoms with E-state index in [0.717, 1.165) is 31.2 Å². The molecule has 2 aromatic heterocycles. The van der Waals surface area contributed by atoms with E-state index in [1.807, 2.05) is 12.3 Å². The topological polar surface area (TPSA) is 54.8 Å². The minimum absolute atomic E-state index is 0.445. The minimum Gasteiger partial charge on any atom is -0.340 e. The van der Waals surface area contributed by atoms with Gasteiger partial charge < -0.3 is 4.90 Å². The first-order valence-corrected chi connectivity index (χ1v) is 6.63. The largest absolute Gasteiger partial charge is 0.340 e. The molecule has 0 bridgehead atoms. The van der Waals surface area contributed by atoms with E-state index >= 15 is 0 Å². The van der Waals surface area contributed by atoms with E-state index < -0.39 is 0 Å². The van der Waals surface area contributed by atoms with Gasteiger partial charge in [0.2, 0.25) is 5.95 Å². The fraction of sp³-hybridized carbons (Fsp3) is 0.429. The molecule has 2 aromatic rings. The van der Waals surface area contributed by atoms with Gasteiger partial charge in [-0.3, -0.25) is 0 Å². The molecular weight excluding hydrogens is 238 g/mol. The van der Waals surface area contributed by atoms with E-state index in [2.05, 4.69) is 31.8 Å². The Morgan fingerprint density at radius 1 is 1.21 bits per heavy atom.